The Labute approximate surface area is 177 Å². The summed E-state index contributed by atoms with van der Waals surface area (Å²) in [5, 5.41) is 11.7. The van der Waals surface area contributed by atoms with Crippen LogP contribution in [0.2, 0.25) is 0 Å². The molecule has 0 heterocycles. The molecule has 2 rings (SSSR count). The van der Waals surface area contributed by atoms with E-state index in [4.69, 9.17) is 14.6 Å². The minimum atomic E-state index is -0.656. The normalized spacial score (nSPS) is 11.5. The van der Waals surface area contributed by atoms with Gasteiger partial charge in [0.05, 0.1) is 20.6 Å². The predicted octanol–water partition coefficient (Wildman–Crippen LogP) is 2.16. The van der Waals surface area contributed by atoms with Gasteiger partial charge in [-0.25, -0.2) is 0 Å². The van der Waals surface area contributed by atoms with E-state index in [0.717, 1.165) is 11.1 Å². The minimum Gasteiger partial charge on any atom is -0.493 e. The number of rotatable bonds is 11. The van der Waals surface area contributed by atoms with Crippen molar-refractivity contribution in [1.29, 1.82) is 0 Å². The Balaban J connectivity index is 2.20. The molecule has 0 spiro atoms. The summed E-state index contributed by atoms with van der Waals surface area (Å²) < 4.78 is 10.6. The monoisotopic (exact) mass is 414 g/mol. The van der Waals surface area contributed by atoms with E-state index < -0.39 is 6.04 Å². The molecule has 1 unspecified atom stereocenters. The van der Waals surface area contributed by atoms with Crippen molar-refractivity contribution in [3.8, 4) is 11.5 Å². The first-order chi connectivity index (χ1) is 14.5. The van der Waals surface area contributed by atoms with Gasteiger partial charge in [0.15, 0.2) is 11.5 Å². The third kappa shape index (κ3) is 6.49. The van der Waals surface area contributed by atoms with Gasteiger partial charge in [-0.15, -0.1) is 0 Å². The fraction of sp³-hybridized carbons (Fsp3) is 0.391. The number of carbonyl (C=O) groups is 2. The molecule has 2 amide bonds. The lowest BCUT2D eigenvalue weighted by Gasteiger charge is -2.29. The summed E-state index contributed by atoms with van der Waals surface area (Å²) in [4.78, 5) is 27.3. The molecule has 7 heteroatoms. The van der Waals surface area contributed by atoms with E-state index in [9.17, 15) is 9.59 Å². The topological polar surface area (TPSA) is 88.1 Å². The number of ether oxygens (including phenoxy) is 2. The molecule has 0 bridgehead atoms. The van der Waals surface area contributed by atoms with E-state index in [1.807, 2.05) is 36.4 Å². The lowest BCUT2D eigenvalue weighted by molar-refractivity contribution is -0.140. The predicted molar refractivity (Wildman–Crippen MR) is 114 cm³/mol. The number of methoxy groups -OCH3 is 2. The second kappa shape index (κ2) is 11.8. The van der Waals surface area contributed by atoms with E-state index in [2.05, 4.69) is 5.32 Å². The van der Waals surface area contributed by atoms with Gasteiger partial charge in [-0.2, -0.15) is 0 Å². The summed E-state index contributed by atoms with van der Waals surface area (Å²) in [7, 11) is 3.10. The van der Waals surface area contributed by atoms with Crippen LogP contribution in [0.3, 0.4) is 0 Å². The summed E-state index contributed by atoms with van der Waals surface area (Å²) in [6, 6.07) is 14.2. The molecule has 30 heavy (non-hydrogen) atoms. The number of aliphatic hydroxyl groups excluding tert-OH is 1. The van der Waals surface area contributed by atoms with Crippen molar-refractivity contribution in [2.45, 2.75) is 32.4 Å². The fourth-order valence-corrected chi connectivity index (χ4v) is 3.07. The van der Waals surface area contributed by atoms with Crippen LogP contribution < -0.4 is 14.8 Å². The lowest BCUT2D eigenvalue weighted by Crippen LogP contribution is -2.48. The van der Waals surface area contributed by atoms with Gasteiger partial charge in [-0.1, -0.05) is 36.4 Å². The maximum absolute atomic E-state index is 13.2. The van der Waals surface area contributed by atoms with Gasteiger partial charge in [0, 0.05) is 19.7 Å². The van der Waals surface area contributed by atoms with Crippen molar-refractivity contribution >= 4 is 11.8 Å². The molecule has 0 fully saturated rings. The van der Waals surface area contributed by atoms with Crippen LogP contribution in [0.4, 0.5) is 0 Å². The van der Waals surface area contributed by atoms with Crippen molar-refractivity contribution in [2.75, 3.05) is 27.4 Å². The number of nitrogens with one attached hydrogen (secondary N) is 1. The Kier molecular flexibility index (Phi) is 9.15. The molecular weight excluding hydrogens is 384 g/mol. The molecule has 0 aromatic heterocycles. The highest BCUT2D eigenvalue weighted by atomic mass is 16.5. The Morgan fingerprint density at radius 2 is 1.73 bits per heavy atom. The van der Waals surface area contributed by atoms with Crippen LogP contribution in [0.1, 0.15) is 24.5 Å². The Morgan fingerprint density at radius 1 is 1.03 bits per heavy atom. The van der Waals surface area contributed by atoms with Gasteiger partial charge >= 0.3 is 0 Å². The highest BCUT2D eigenvalue weighted by molar-refractivity contribution is 5.88. The molecule has 0 aliphatic heterocycles. The zero-order chi connectivity index (χ0) is 21.9. The average molecular weight is 415 g/mol. The van der Waals surface area contributed by atoms with Crippen LogP contribution in [0, 0.1) is 0 Å². The van der Waals surface area contributed by atoms with Crippen molar-refractivity contribution in [3.63, 3.8) is 0 Å². The zero-order valence-corrected chi connectivity index (χ0v) is 17.8. The first-order valence-electron chi connectivity index (χ1n) is 9.93. The summed E-state index contributed by atoms with van der Waals surface area (Å²) in [5.74, 6) is 0.717. The smallest absolute Gasteiger partial charge is 0.242 e. The van der Waals surface area contributed by atoms with Gasteiger partial charge in [0.25, 0.3) is 0 Å². The first kappa shape index (κ1) is 23.2. The number of benzene rings is 2. The molecule has 0 radical (unpaired) electrons. The van der Waals surface area contributed by atoms with E-state index >= 15 is 0 Å². The Bertz CT molecular complexity index is 826. The number of nitrogens with zero attached hydrogens (tertiary/aromatic N) is 1. The van der Waals surface area contributed by atoms with E-state index in [1.54, 1.807) is 38.2 Å². The Morgan fingerprint density at radius 3 is 2.37 bits per heavy atom. The number of amides is 2. The van der Waals surface area contributed by atoms with Crippen LogP contribution >= 0.6 is 0 Å². The molecule has 1 atom stereocenters. The molecule has 2 aromatic rings. The number of hydrogen-bond acceptors (Lipinski definition) is 5. The SMILES string of the molecule is COc1ccc(CC(=O)N(Cc2ccccc2)C(C)C(=O)NCCCO)cc1OC. The van der Waals surface area contributed by atoms with Crippen LogP contribution in [0.25, 0.3) is 0 Å². The highest BCUT2D eigenvalue weighted by Gasteiger charge is 2.26. The molecule has 0 saturated carbocycles. The van der Waals surface area contributed by atoms with E-state index in [1.165, 1.54) is 0 Å². The Hall–Kier alpha value is -3.06. The highest BCUT2D eigenvalue weighted by Crippen LogP contribution is 2.28. The number of aliphatic hydroxyl groups is 1. The quantitative estimate of drug-likeness (QED) is 0.550. The molecule has 0 aliphatic rings. The van der Waals surface area contributed by atoms with Crippen LogP contribution in [-0.4, -0.2) is 55.2 Å². The van der Waals surface area contributed by atoms with E-state index in [-0.39, 0.29) is 24.8 Å². The zero-order valence-electron chi connectivity index (χ0n) is 17.8. The summed E-state index contributed by atoms with van der Waals surface area (Å²) in [6.07, 6.45) is 0.595. The molecule has 0 saturated heterocycles. The largest absolute Gasteiger partial charge is 0.493 e. The average Bonchev–Trinajstić information content (AvgIpc) is 2.77. The van der Waals surface area contributed by atoms with Gasteiger partial charge in [0.1, 0.15) is 6.04 Å². The van der Waals surface area contributed by atoms with Gasteiger partial charge in [-0.05, 0) is 36.6 Å². The van der Waals surface area contributed by atoms with Crippen molar-refractivity contribution in [3.05, 3.63) is 59.7 Å². The van der Waals surface area contributed by atoms with Gasteiger partial charge in [-0.3, -0.25) is 9.59 Å². The maximum Gasteiger partial charge on any atom is 0.242 e. The fourth-order valence-electron chi connectivity index (χ4n) is 3.07. The van der Waals surface area contributed by atoms with Crippen molar-refractivity contribution in [1.82, 2.24) is 10.2 Å². The molecule has 7 nitrogen and oxygen atoms in total. The molecule has 2 aromatic carbocycles. The standard InChI is InChI=1S/C23H30N2O5/c1-17(23(28)24-12-7-13-26)25(16-18-8-5-4-6-9-18)22(27)15-19-10-11-20(29-2)21(14-19)30-3/h4-6,8-11,14,17,26H,7,12-13,15-16H2,1-3H3,(H,24,28). The summed E-state index contributed by atoms with van der Waals surface area (Å²) in [5.41, 5.74) is 1.71. The van der Waals surface area contributed by atoms with Crippen LogP contribution in [0.15, 0.2) is 48.5 Å². The molecular formula is C23H30N2O5. The lowest BCUT2D eigenvalue weighted by atomic mass is 10.1. The number of hydrogen-bond donors (Lipinski definition) is 2. The first-order valence-corrected chi connectivity index (χ1v) is 9.93. The summed E-state index contributed by atoms with van der Waals surface area (Å²) in [6.45, 7) is 2.40. The van der Waals surface area contributed by atoms with Crippen molar-refractivity contribution in [2.24, 2.45) is 0 Å². The molecule has 162 valence electrons. The van der Waals surface area contributed by atoms with Gasteiger partial charge in [0.2, 0.25) is 11.8 Å². The van der Waals surface area contributed by atoms with Crippen LogP contribution in [0.5, 0.6) is 11.5 Å². The number of carbonyl (C=O) groups excluding carboxylic acids is 2. The van der Waals surface area contributed by atoms with Gasteiger partial charge < -0.3 is 24.8 Å². The van der Waals surface area contributed by atoms with Crippen LogP contribution in [-0.2, 0) is 22.6 Å². The molecule has 2 N–H and O–H groups in total. The summed E-state index contributed by atoms with van der Waals surface area (Å²) >= 11 is 0. The second-order valence-electron chi connectivity index (χ2n) is 6.92. The van der Waals surface area contributed by atoms with Crippen molar-refractivity contribution < 1.29 is 24.2 Å². The van der Waals surface area contributed by atoms with E-state index in [0.29, 0.717) is 31.0 Å². The molecule has 0 aliphatic carbocycles. The minimum absolute atomic E-state index is 0.000619. The second-order valence-corrected chi connectivity index (χ2v) is 6.92. The third-order valence-electron chi connectivity index (χ3n) is 4.80. The maximum atomic E-state index is 13.2. The third-order valence-corrected chi connectivity index (χ3v) is 4.80.